The lowest BCUT2D eigenvalue weighted by Gasteiger charge is -2.05. The van der Waals surface area contributed by atoms with Crippen molar-refractivity contribution in [2.45, 2.75) is 33.7 Å². The number of aromatic nitrogens is 2. The summed E-state index contributed by atoms with van der Waals surface area (Å²) in [6, 6.07) is 0. The van der Waals surface area contributed by atoms with Crippen LogP contribution in [-0.2, 0) is 13.0 Å². The van der Waals surface area contributed by atoms with E-state index in [4.69, 9.17) is 0 Å². The zero-order valence-electron chi connectivity index (χ0n) is 9.10. The van der Waals surface area contributed by atoms with E-state index in [0.717, 1.165) is 36.2 Å². The quantitative estimate of drug-likeness (QED) is 0.822. The van der Waals surface area contributed by atoms with Crippen LogP contribution in [0.2, 0.25) is 0 Å². The van der Waals surface area contributed by atoms with Gasteiger partial charge in [-0.2, -0.15) is 5.10 Å². The maximum absolute atomic E-state index is 4.45. The van der Waals surface area contributed by atoms with Crippen molar-refractivity contribution in [3.8, 4) is 0 Å². The van der Waals surface area contributed by atoms with Gasteiger partial charge in [-0.05, 0) is 36.3 Å². The van der Waals surface area contributed by atoms with Gasteiger partial charge in [-0.25, -0.2) is 0 Å². The standard InChI is InChI=1S/C10H18BrN3/c1-4-12-7-6-9-10(11)8(3)13-14(9)5-2/h12H,4-7H2,1-3H3. The molecule has 0 fully saturated rings. The van der Waals surface area contributed by atoms with Crippen molar-refractivity contribution < 1.29 is 0 Å². The van der Waals surface area contributed by atoms with Crippen molar-refractivity contribution in [2.24, 2.45) is 0 Å². The fourth-order valence-corrected chi connectivity index (χ4v) is 1.97. The van der Waals surface area contributed by atoms with Gasteiger partial charge >= 0.3 is 0 Å². The number of halogens is 1. The highest BCUT2D eigenvalue weighted by molar-refractivity contribution is 9.10. The number of rotatable bonds is 5. The predicted octanol–water partition coefficient (Wildman–Crippen LogP) is 2.13. The highest BCUT2D eigenvalue weighted by Crippen LogP contribution is 2.21. The van der Waals surface area contributed by atoms with Crippen LogP contribution in [0.4, 0.5) is 0 Å². The molecule has 4 heteroatoms. The van der Waals surface area contributed by atoms with Gasteiger partial charge in [0.1, 0.15) is 0 Å². The van der Waals surface area contributed by atoms with Crippen molar-refractivity contribution in [2.75, 3.05) is 13.1 Å². The molecule has 3 nitrogen and oxygen atoms in total. The topological polar surface area (TPSA) is 29.9 Å². The van der Waals surface area contributed by atoms with E-state index in [9.17, 15) is 0 Å². The number of nitrogens with one attached hydrogen (secondary N) is 1. The Morgan fingerprint density at radius 3 is 2.71 bits per heavy atom. The van der Waals surface area contributed by atoms with Gasteiger partial charge in [-0.15, -0.1) is 0 Å². The van der Waals surface area contributed by atoms with Gasteiger partial charge in [0.15, 0.2) is 0 Å². The Hall–Kier alpha value is -0.350. The van der Waals surface area contributed by atoms with Gasteiger partial charge in [0.25, 0.3) is 0 Å². The molecule has 0 aromatic carbocycles. The van der Waals surface area contributed by atoms with Crippen LogP contribution in [0, 0.1) is 6.92 Å². The second-order valence-electron chi connectivity index (χ2n) is 3.27. The molecule has 0 radical (unpaired) electrons. The van der Waals surface area contributed by atoms with Crippen LogP contribution in [-0.4, -0.2) is 22.9 Å². The third-order valence-electron chi connectivity index (χ3n) is 2.24. The highest BCUT2D eigenvalue weighted by atomic mass is 79.9. The lowest BCUT2D eigenvalue weighted by atomic mass is 10.3. The molecule has 0 amide bonds. The highest BCUT2D eigenvalue weighted by Gasteiger charge is 2.10. The molecule has 1 rings (SSSR count). The molecule has 0 aliphatic carbocycles. The first-order valence-corrected chi connectivity index (χ1v) is 5.92. The molecule has 1 N–H and O–H groups in total. The van der Waals surface area contributed by atoms with E-state index in [1.54, 1.807) is 0 Å². The summed E-state index contributed by atoms with van der Waals surface area (Å²) in [5.41, 5.74) is 2.38. The molecule has 14 heavy (non-hydrogen) atoms. The van der Waals surface area contributed by atoms with Gasteiger partial charge in [-0.3, -0.25) is 4.68 Å². The third-order valence-corrected chi connectivity index (χ3v) is 3.27. The first kappa shape index (κ1) is 11.7. The zero-order valence-corrected chi connectivity index (χ0v) is 10.7. The molecule has 0 spiro atoms. The second kappa shape index (κ2) is 5.51. The van der Waals surface area contributed by atoms with Crippen LogP contribution in [0.1, 0.15) is 25.2 Å². The first-order valence-electron chi connectivity index (χ1n) is 5.13. The average Bonchev–Trinajstić information content (AvgIpc) is 2.45. The molecule has 0 bridgehead atoms. The second-order valence-corrected chi connectivity index (χ2v) is 4.06. The van der Waals surface area contributed by atoms with Gasteiger partial charge < -0.3 is 5.32 Å². The number of likely N-dealkylation sites (N-methyl/N-ethyl adjacent to an activating group) is 1. The van der Waals surface area contributed by atoms with Crippen molar-refractivity contribution in [3.63, 3.8) is 0 Å². The summed E-state index contributed by atoms with van der Waals surface area (Å²) in [6.07, 6.45) is 1.03. The van der Waals surface area contributed by atoms with Crippen LogP contribution in [0.3, 0.4) is 0 Å². The zero-order chi connectivity index (χ0) is 10.6. The number of hydrogen-bond acceptors (Lipinski definition) is 2. The molecular weight excluding hydrogens is 242 g/mol. The third kappa shape index (κ3) is 2.58. The summed E-state index contributed by atoms with van der Waals surface area (Å²) in [7, 11) is 0. The minimum Gasteiger partial charge on any atom is -0.317 e. The summed E-state index contributed by atoms with van der Waals surface area (Å²) < 4.78 is 3.23. The molecule has 0 aliphatic rings. The first-order chi connectivity index (χ1) is 6.70. The van der Waals surface area contributed by atoms with E-state index in [2.05, 4.69) is 44.9 Å². The number of aryl methyl sites for hydroxylation is 2. The average molecular weight is 260 g/mol. The molecule has 1 aromatic heterocycles. The van der Waals surface area contributed by atoms with Crippen LogP contribution < -0.4 is 5.32 Å². The minimum atomic E-state index is 0.938. The normalized spacial score (nSPS) is 10.9. The Balaban J connectivity index is 2.72. The Morgan fingerprint density at radius 2 is 2.14 bits per heavy atom. The van der Waals surface area contributed by atoms with Gasteiger partial charge in [0, 0.05) is 19.5 Å². The summed E-state index contributed by atoms with van der Waals surface area (Å²) in [5, 5.41) is 7.77. The fourth-order valence-electron chi connectivity index (χ4n) is 1.49. The predicted molar refractivity (Wildman–Crippen MR) is 62.6 cm³/mol. The van der Waals surface area contributed by atoms with Crippen LogP contribution >= 0.6 is 15.9 Å². The number of hydrogen-bond donors (Lipinski definition) is 1. The van der Waals surface area contributed by atoms with E-state index >= 15 is 0 Å². The summed E-state index contributed by atoms with van der Waals surface area (Å²) in [6.45, 7) is 9.25. The van der Waals surface area contributed by atoms with E-state index in [1.807, 2.05) is 6.92 Å². The van der Waals surface area contributed by atoms with Gasteiger partial charge in [0.2, 0.25) is 0 Å². The minimum absolute atomic E-state index is 0.938. The molecule has 0 saturated carbocycles. The molecular formula is C10H18BrN3. The summed E-state index contributed by atoms with van der Waals surface area (Å²) >= 11 is 3.58. The Morgan fingerprint density at radius 1 is 1.43 bits per heavy atom. The van der Waals surface area contributed by atoms with E-state index in [0.29, 0.717) is 0 Å². The van der Waals surface area contributed by atoms with Crippen molar-refractivity contribution >= 4 is 15.9 Å². The molecule has 0 atom stereocenters. The molecule has 80 valence electrons. The molecule has 0 saturated heterocycles. The number of nitrogens with zero attached hydrogens (tertiary/aromatic N) is 2. The Labute approximate surface area is 94.0 Å². The fraction of sp³-hybridized carbons (Fsp3) is 0.700. The molecule has 0 aliphatic heterocycles. The summed E-state index contributed by atoms with van der Waals surface area (Å²) in [5.74, 6) is 0. The van der Waals surface area contributed by atoms with Crippen LogP contribution in [0.25, 0.3) is 0 Å². The monoisotopic (exact) mass is 259 g/mol. The molecule has 0 unspecified atom stereocenters. The SMILES string of the molecule is CCNCCc1c(Br)c(C)nn1CC. The summed E-state index contributed by atoms with van der Waals surface area (Å²) in [4.78, 5) is 0. The molecule has 1 aromatic rings. The van der Waals surface area contributed by atoms with Crippen molar-refractivity contribution in [1.82, 2.24) is 15.1 Å². The largest absolute Gasteiger partial charge is 0.317 e. The van der Waals surface area contributed by atoms with Crippen LogP contribution in [0.5, 0.6) is 0 Å². The van der Waals surface area contributed by atoms with Crippen molar-refractivity contribution in [3.05, 3.63) is 15.9 Å². The van der Waals surface area contributed by atoms with E-state index in [1.165, 1.54) is 5.69 Å². The van der Waals surface area contributed by atoms with Gasteiger partial charge in [0.05, 0.1) is 15.9 Å². The van der Waals surface area contributed by atoms with Gasteiger partial charge in [-0.1, -0.05) is 6.92 Å². The lowest BCUT2D eigenvalue weighted by molar-refractivity contribution is 0.599. The van der Waals surface area contributed by atoms with E-state index in [-0.39, 0.29) is 0 Å². The molecule has 1 heterocycles. The maximum Gasteiger partial charge on any atom is 0.0738 e. The Bertz CT molecular complexity index is 294. The maximum atomic E-state index is 4.45. The lowest BCUT2D eigenvalue weighted by Crippen LogP contribution is -2.18. The Kier molecular flexibility index (Phi) is 4.62. The van der Waals surface area contributed by atoms with Crippen LogP contribution in [0.15, 0.2) is 4.47 Å². The van der Waals surface area contributed by atoms with E-state index < -0.39 is 0 Å². The smallest absolute Gasteiger partial charge is 0.0738 e. The van der Waals surface area contributed by atoms with Crippen molar-refractivity contribution in [1.29, 1.82) is 0 Å².